The topological polar surface area (TPSA) is 60.0 Å². The number of nitrogens with two attached hydrogens (primary N) is 1. The minimum absolute atomic E-state index is 0.0949. The third-order valence-electron chi connectivity index (χ3n) is 3.95. The van der Waals surface area contributed by atoms with Crippen molar-refractivity contribution in [2.45, 2.75) is 39.4 Å². The number of benzene rings is 1. The number of hydrogen-bond donors (Lipinski definition) is 1. The minimum atomic E-state index is 0.0949. The number of rotatable bonds is 4. The van der Waals surface area contributed by atoms with Crippen molar-refractivity contribution in [2.24, 2.45) is 5.73 Å². The van der Waals surface area contributed by atoms with Crippen LogP contribution in [0, 0.1) is 0 Å². The molecule has 0 amide bonds. The molecule has 0 spiro atoms. The highest BCUT2D eigenvalue weighted by atomic mass is 15.3. The van der Waals surface area contributed by atoms with Crippen LogP contribution < -0.4 is 10.6 Å². The molecule has 0 saturated heterocycles. The molecule has 5 nitrogen and oxygen atoms in total. The average molecular weight is 271 g/mol. The van der Waals surface area contributed by atoms with Gasteiger partial charge in [-0.05, 0) is 37.5 Å². The number of aromatic nitrogens is 3. The molecule has 0 saturated carbocycles. The zero-order chi connectivity index (χ0) is 14.1. The van der Waals surface area contributed by atoms with E-state index in [1.165, 1.54) is 16.8 Å². The Morgan fingerprint density at radius 3 is 3.00 bits per heavy atom. The van der Waals surface area contributed by atoms with Gasteiger partial charge in [0.15, 0.2) is 0 Å². The van der Waals surface area contributed by atoms with Crippen LogP contribution >= 0.6 is 0 Å². The molecule has 20 heavy (non-hydrogen) atoms. The predicted molar refractivity (Wildman–Crippen MR) is 79.5 cm³/mol. The number of hydrogen-bond acceptors (Lipinski definition) is 4. The maximum absolute atomic E-state index is 5.95. The van der Waals surface area contributed by atoms with Crippen LogP contribution in [0.15, 0.2) is 24.5 Å². The van der Waals surface area contributed by atoms with Gasteiger partial charge in [-0.1, -0.05) is 12.1 Å². The zero-order valence-corrected chi connectivity index (χ0v) is 12.1. The highest BCUT2D eigenvalue weighted by molar-refractivity contribution is 5.59. The second-order valence-corrected chi connectivity index (χ2v) is 5.34. The number of nitrogens with zero attached hydrogens (tertiary/aromatic N) is 4. The Balaban J connectivity index is 1.83. The fourth-order valence-corrected chi connectivity index (χ4v) is 2.78. The van der Waals surface area contributed by atoms with Crippen LogP contribution in [0.5, 0.6) is 0 Å². The fraction of sp³-hybridized carbons (Fsp3) is 0.467. The lowest BCUT2D eigenvalue weighted by Gasteiger charge is -2.19. The SMILES string of the molecule is CCn1ncnc1CN1CCc2cc(C(C)N)ccc21. The Morgan fingerprint density at radius 2 is 2.25 bits per heavy atom. The first-order valence-corrected chi connectivity index (χ1v) is 7.19. The molecule has 0 bridgehead atoms. The lowest BCUT2D eigenvalue weighted by atomic mass is 10.0. The molecule has 3 rings (SSSR count). The molecule has 1 aromatic heterocycles. The lowest BCUT2D eigenvalue weighted by Crippen LogP contribution is -2.22. The van der Waals surface area contributed by atoms with Gasteiger partial charge in [-0.25, -0.2) is 9.67 Å². The summed E-state index contributed by atoms with van der Waals surface area (Å²) in [7, 11) is 0. The van der Waals surface area contributed by atoms with Gasteiger partial charge in [0.2, 0.25) is 0 Å². The maximum Gasteiger partial charge on any atom is 0.146 e. The van der Waals surface area contributed by atoms with E-state index in [2.05, 4.69) is 40.1 Å². The average Bonchev–Trinajstić information content (AvgIpc) is 3.05. The summed E-state index contributed by atoms with van der Waals surface area (Å²) in [6.45, 7) is 6.83. The summed E-state index contributed by atoms with van der Waals surface area (Å²) in [4.78, 5) is 6.73. The van der Waals surface area contributed by atoms with Gasteiger partial charge in [0.05, 0.1) is 6.54 Å². The summed E-state index contributed by atoms with van der Waals surface area (Å²) in [6, 6.07) is 6.66. The van der Waals surface area contributed by atoms with Crippen LogP contribution in [0.2, 0.25) is 0 Å². The van der Waals surface area contributed by atoms with E-state index in [1.54, 1.807) is 6.33 Å². The van der Waals surface area contributed by atoms with Gasteiger partial charge in [0.1, 0.15) is 12.2 Å². The van der Waals surface area contributed by atoms with E-state index in [0.717, 1.165) is 31.9 Å². The van der Waals surface area contributed by atoms with Crippen LogP contribution in [0.4, 0.5) is 5.69 Å². The predicted octanol–water partition coefficient (Wildman–Crippen LogP) is 1.88. The number of fused-ring (bicyclic) bond motifs is 1. The third-order valence-corrected chi connectivity index (χ3v) is 3.95. The summed E-state index contributed by atoms with van der Waals surface area (Å²) >= 11 is 0. The molecular weight excluding hydrogens is 250 g/mol. The molecule has 1 unspecified atom stereocenters. The van der Waals surface area contributed by atoms with Crippen molar-refractivity contribution in [3.05, 3.63) is 41.5 Å². The molecule has 5 heteroatoms. The quantitative estimate of drug-likeness (QED) is 0.922. The molecule has 1 aliphatic heterocycles. The van der Waals surface area contributed by atoms with E-state index in [9.17, 15) is 0 Å². The summed E-state index contributed by atoms with van der Waals surface area (Å²) in [5.41, 5.74) is 9.86. The van der Waals surface area contributed by atoms with Crippen molar-refractivity contribution in [3.8, 4) is 0 Å². The van der Waals surface area contributed by atoms with E-state index >= 15 is 0 Å². The second kappa shape index (κ2) is 5.25. The van der Waals surface area contributed by atoms with E-state index in [-0.39, 0.29) is 6.04 Å². The van der Waals surface area contributed by atoms with Crippen molar-refractivity contribution in [1.82, 2.24) is 14.8 Å². The number of aryl methyl sites for hydroxylation is 1. The monoisotopic (exact) mass is 271 g/mol. The normalized spacial score (nSPS) is 15.4. The van der Waals surface area contributed by atoms with Gasteiger partial charge in [-0.2, -0.15) is 5.10 Å². The van der Waals surface area contributed by atoms with Gasteiger partial charge < -0.3 is 10.6 Å². The smallest absolute Gasteiger partial charge is 0.146 e. The highest BCUT2D eigenvalue weighted by Gasteiger charge is 2.21. The Labute approximate surface area is 119 Å². The largest absolute Gasteiger partial charge is 0.363 e. The van der Waals surface area contributed by atoms with Crippen LogP contribution in [0.25, 0.3) is 0 Å². The molecule has 0 fully saturated rings. The zero-order valence-electron chi connectivity index (χ0n) is 12.1. The second-order valence-electron chi connectivity index (χ2n) is 5.34. The fourth-order valence-electron chi connectivity index (χ4n) is 2.78. The van der Waals surface area contributed by atoms with E-state index < -0.39 is 0 Å². The van der Waals surface area contributed by atoms with Crippen molar-refractivity contribution in [1.29, 1.82) is 0 Å². The van der Waals surface area contributed by atoms with E-state index in [4.69, 9.17) is 5.73 Å². The first-order chi connectivity index (χ1) is 9.69. The number of anilines is 1. The van der Waals surface area contributed by atoms with Crippen LogP contribution in [-0.4, -0.2) is 21.3 Å². The summed E-state index contributed by atoms with van der Waals surface area (Å²) in [5.74, 6) is 1.02. The molecule has 0 aliphatic carbocycles. The molecule has 2 heterocycles. The Bertz CT molecular complexity index is 602. The summed E-state index contributed by atoms with van der Waals surface area (Å²) in [5, 5.41) is 4.23. The minimum Gasteiger partial charge on any atom is -0.363 e. The van der Waals surface area contributed by atoms with Crippen LogP contribution in [0.1, 0.15) is 36.8 Å². The van der Waals surface area contributed by atoms with Crippen molar-refractivity contribution < 1.29 is 0 Å². The molecule has 2 aromatic rings. The first kappa shape index (κ1) is 13.1. The lowest BCUT2D eigenvalue weighted by molar-refractivity contribution is 0.605. The summed E-state index contributed by atoms with van der Waals surface area (Å²) < 4.78 is 1.95. The molecule has 1 atom stereocenters. The molecule has 1 aromatic carbocycles. The Kier molecular flexibility index (Phi) is 3.44. The molecule has 106 valence electrons. The van der Waals surface area contributed by atoms with Crippen molar-refractivity contribution in [3.63, 3.8) is 0 Å². The molecule has 0 radical (unpaired) electrons. The first-order valence-electron chi connectivity index (χ1n) is 7.19. The highest BCUT2D eigenvalue weighted by Crippen LogP contribution is 2.31. The third kappa shape index (κ3) is 2.29. The van der Waals surface area contributed by atoms with Gasteiger partial charge in [0.25, 0.3) is 0 Å². The molecule has 1 aliphatic rings. The van der Waals surface area contributed by atoms with Crippen molar-refractivity contribution in [2.75, 3.05) is 11.4 Å². The maximum atomic E-state index is 5.95. The molecular formula is C15H21N5. The van der Waals surface area contributed by atoms with E-state index in [0.29, 0.717) is 0 Å². The van der Waals surface area contributed by atoms with Crippen LogP contribution in [0.3, 0.4) is 0 Å². The van der Waals surface area contributed by atoms with Gasteiger partial charge in [-0.3, -0.25) is 0 Å². The molecule has 2 N–H and O–H groups in total. The van der Waals surface area contributed by atoms with Crippen LogP contribution in [-0.2, 0) is 19.5 Å². The van der Waals surface area contributed by atoms with Crippen molar-refractivity contribution >= 4 is 5.69 Å². The standard InChI is InChI=1S/C15H21N5/c1-3-20-15(17-10-18-20)9-19-7-6-13-8-12(11(2)16)4-5-14(13)19/h4-5,8,10-11H,3,6-7,9,16H2,1-2H3. The van der Waals surface area contributed by atoms with Gasteiger partial charge in [0, 0.05) is 24.8 Å². The van der Waals surface area contributed by atoms with E-state index in [1.807, 2.05) is 11.6 Å². The summed E-state index contributed by atoms with van der Waals surface area (Å²) in [6.07, 6.45) is 2.71. The Hall–Kier alpha value is -1.88. The van der Waals surface area contributed by atoms with Gasteiger partial charge >= 0.3 is 0 Å². The Morgan fingerprint density at radius 1 is 1.40 bits per heavy atom. The van der Waals surface area contributed by atoms with Gasteiger partial charge in [-0.15, -0.1) is 0 Å².